The molecule has 1 N–H and O–H groups in total. The molecule has 2 rings (SSSR count). The average Bonchev–Trinajstić information content (AvgIpc) is 2.46. The third-order valence-corrected chi connectivity index (χ3v) is 3.57. The molecule has 0 radical (unpaired) electrons. The van der Waals surface area contributed by atoms with Crippen molar-refractivity contribution in [1.82, 2.24) is 14.8 Å². The number of hydrogen-bond acceptors (Lipinski definition) is 3. The molecule has 6 nitrogen and oxygen atoms in total. The monoisotopic (exact) mass is 277 g/mol. The van der Waals surface area contributed by atoms with Gasteiger partial charge < -0.3 is 14.8 Å². The van der Waals surface area contributed by atoms with Gasteiger partial charge in [-0.3, -0.25) is 14.4 Å². The van der Waals surface area contributed by atoms with Crippen LogP contribution < -0.4 is 5.56 Å². The predicted octanol–water partition coefficient (Wildman–Crippen LogP) is 0.315. The number of rotatable bonds is 2. The van der Waals surface area contributed by atoms with E-state index < -0.39 is 0 Å². The fourth-order valence-corrected chi connectivity index (χ4v) is 2.44. The minimum atomic E-state index is -0.284. The Morgan fingerprint density at radius 3 is 2.45 bits per heavy atom. The Hall–Kier alpha value is -2.11. The first-order valence-electron chi connectivity index (χ1n) is 6.69. The highest BCUT2D eigenvalue weighted by Gasteiger charge is 2.28. The van der Waals surface area contributed by atoms with E-state index in [1.807, 2.05) is 0 Å². The molecular weight excluding hydrogens is 258 g/mol. The quantitative estimate of drug-likeness (QED) is 0.846. The summed E-state index contributed by atoms with van der Waals surface area (Å²) in [6.07, 6.45) is 1.33. The van der Waals surface area contributed by atoms with Gasteiger partial charge in [0.05, 0.1) is 0 Å². The van der Waals surface area contributed by atoms with Gasteiger partial charge in [0, 0.05) is 39.2 Å². The van der Waals surface area contributed by atoms with Crippen LogP contribution >= 0.6 is 0 Å². The Morgan fingerprint density at radius 2 is 1.90 bits per heavy atom. The third kappa shape index (κ3) is 3.07. The topological polar surface area (TPSA) is 73.5 Å². The summed E-state index contributed by atoms with van der Waals surface area (Å²) >= 11 is 0. The largest absolute Gasteiger partial charge is 0.349 e. The number of amides is 2. The number of carbonyl (C=O) groups excluding carboxylic acids is 2. The molecule has 0 aromatic carbocycles. The van der Waals surface area contributed by atoms with Crippen molar-refractivity contribution in [3.63, 3.8) is 0 Å². The Kier molecular flexibility index (Phi) is 4.22. The van der Waals surface area contributed by atoms with Crippen molar-refractivity contribution in [3.05, 3.63) is 34.2 Å². The molecule has 0 spiro atoms. The molecule has 20 heavy (non-hydrogen) atoms. The van der Waals surface area contributed by atoms with Gasteiger partial charge in [0.2, 0.25) is 11.5 Å². The van der Waals surface area contributed by atoms with Crippen molar-refractivity contribution in [3.8, 4) is 0 Å². The fraction of sp³-hybridized carbons (Fsp3) is 0.500. The van der Waals surface area contributed by atoms with Gasteiger partial charge in [-0.15, -0.1) is 0 Å². The highest BCUT2D eigenvalue weighted by Crippen LogP contribution is 2.19. The molecule has 1 aliphatic rings. The maximum Gasteiger partial charge on any atom is 0.270 e. The number of nitrogens with one attached hydrogen (secondary N) is 1. The zero-order valence-electron chi connectivity index (χ0n) is 11.8. The number of piperidine rings is 1. The number of aromatic amines is 1. The Bertz CT molecular complexity index is 557. The lowest BCUT2D eigenvalue weighted by atomic mass is 9.95. The molecule has 0 aliphatic carbocycles. The molecule has 1 aromatic rings. The lowest BCUT2D eigenvalue weighted by Gasteiger charge is -2.32. The van der Waals surface area contributed by atoms with Gasteiger partial charge in [-0.1, -0.05) is 6.07 Å². The van der Waals surface area contributed by atoms with Crippen LogP contribution in [0.2, 0.25) is 0 Å². The number of likely N-dealkylation sites (tertiary alicyclic amines) is 1. The van der Waals surface area contributed by atoms with Crippen LogP contribution in [0.15, 0.2) is 23.0 Å². The Labute approximate surface area is 117 Å². The first-order valence-corrected chi connectivity index (χ1v) is 6.69. The van der Waals surface area contributed by atoms with Crippen molar-refractivity contribution in [2.45, 2.75) is 12.8 Å². The molecule has 108 valence electrons. The Balaban J connectivity index is 1.99. The van der Waals surface area contributed by atoms with Crippen LogP contribution in [-0.4, -0.2) is 53.8 Å². The summed E-state index contributed by atoms with van der Waals surface area (Å²) in [6, 6.07) is 4.54. The van der Waals surface area contributed by atoms with Crippen molar-refractivity contribution < 1.29 is 9.59 Å². The van der Waals surface area contributed by atoms with Gasteiger partial charge in [0.1, 0.15) is 5.69 Å². The number of H-pyrrole nitrogens is 1. The predicted molar refractivity (Wildman–Crippen MR) is 74.4 cm³/mol. The molecule has 2 amide bonds. The first kappa shape index (κ1) is 14.3. The van der Waals surface area contributed by atoms with E-state index in [2.05, 4.69) is 4.98 Å². The average molecular weight is 277 g/mol. The van der Waals surface area contributed by atoms with Gasteiger partial charge in [-0.2, -0.15) is 0 Å². The van der Waals surface area contributed by atoms with Crippen LogP contribution in [0.25, 0.3) is 0 Å². The van der Waals surface area contributed by atoms with Gasteiger partial charge in [-0.05, 0) is 18.9 Å². The van der Waals surface area contributed by atoms with Crippen LogP contribution in [0.5, 0.6) is 0 Å². The fourth-order valence-electron chi connectivity index (χ4n) is 2.44. The lowest BCUT2D eigenvalue weighted by Crippen LogP contribution is -2.43. The molecule has 0 unspecified atom stereocenters. The van der Waals surface area contributed by atoms with Gasteiger partial charge in [0.25, 0.3) is 5.91 Å². The summed E-state index contributed by atoms with van der Waals surface area (Å²) < 4.78 is 0. The molecule has 0 atom stereocenters. The maximum atomic E-state index is 12.2. The van der Waals surface area contributed by atoms with Crippen LogP contribution in [-0.2, 0) is 4.79 Å². The third-order valence-electron chi connectivity index (χ3n) is 3.57. The summed E-state index contributed by atoms with van der Waals surface area (Å²) in [6.45, 7) is 1.08. The summed E-state index contributed by atoms with van der Waals surface area (Å²) in [7, 11) is 3.49. The van der Waals surface area contributed by atoms with E-state index in [9.17, 15) is 14.4 Å². The minimum absolute atomic E-state index is 0.0103. The minimum Gasteiger partial charge on any atom is -0.349 e. The molecule has 1 aromatic heterocycles. The first-order chi connectivity index (χ1) is 9.49. The molecule has 2 heterocycles. The van der Waals surface area contributed by atoms with Crippen LogP contribution in [0.1, 0.15) is 23.3 Å². The second kappa shape index (κ2) is 5.90. The van der Waals surface area contributed by atoms with Crippen LogP contribution in [0.4, 0.5) is 0 Å². The van der Waals surface area contributed by atoms with Crippen molar-refractivity contribution >= 4 is 11.8 Å². The molecule has 1 fully saturated rings. The van der Waals surface area contributed by atoms with Gasteiger partial charge >= 0.3 is 0 Å². The summed E-state index contributed by atoms with van der Waals surface area (Å²) in [5.41, 5.74) is 0.0170. The number of nitrogens with zero attached hydrogens (tertiary/aromatic N) is 2. The van der Waals surface area contributed by atoms with Crippen molar-refractivity contribution in [2.24, 2.45) is 5.92 Å². The molecule has 6 heteroatoms. The number of pyridine rings is 1. The number of carbonyl (C=O) groups is 2. The molecule has 1 saturated heterocycles. The second-order valence-corrected chi connectivity index (χ2v) is 5.23. The van der Waals surface area contributed by atoms with Crippen LogP contribution in [0, 0.1) is 5.92 Å². The van der Waals surface area contributed by atoms with E-state index in [1.165, 1.54) is 6.07 Å². The standard InChI is InChI=1S/C14H19N3O3/c1-16(2)13(19)10-6-8-17(9-7-10)14(20)11-4-3-5-12(18)15-11/h3-5,10H,6-9H2,1-2H3,(H,15,18). The summed E-state index contributed by atoms with van der Waals surface area (Å²) in [5, 5.41) is 0. The van der Waals surface area contributed by atoms with Crippen molar-refractivity contribution in [2.75, 3.05) is 27.2 Å². The van der Waals surface area contributed by atoms with E-state index >= 15 is 0 Å². The highest BCUT2D eigenvalue weighted by molar-refractivity contribution is 5.92. The molecular formula is C14H19N3O3. The van der Waals surface area contributed by atoms with E-state index in [-0.39, 0.29) is 23.3 Å². The van der Waals surface area contributed by atoms with E-state index in [0.29, 0.717) is 31.6 Å². The maximum absolute atomic E-state index is 12.2. The molecule has 0 bridgehead atoms. The van der Waals surface area contributed by atoms with E-state index in [0.717, 1.165) is 0 Å². The van der Waals surface area contributed by atoms with E-state index in [1.54, 1.807) is 36.0 Å². The highest BCUT2D eigenvalue weighted by atomic mass is 16.2. The zero-order valence-corrected chi connectivity index (χ0v) is 11.8. The second-order valence-electron chi connectivity index (χ2n) is 5.23. The molecule has 1 aliphatic heterocycles. The smallest absolute Gasteiger partial charge is 0.270 e. The summed E-state index contributed by atoms with van der Waals surface area (Å²) in [5.74, 6) is -0.0764. The number of hydrogen-bond donors (Lipinski definition) is 1. The van der Waals surface area contributed by atoms with E-state index in [4.69, 9.17) is 0 Å². The van der Waals surface area contributed by atoms with Gasteiger partial charge in [-0.25, -0.2) is 0 Å². The normalized spacial score (nSPS) is 16.0. The van der Waals surface area contributed by atoms with Crippen molar-refractivity contribution in [1.29, 1.82) is 0 Å². The van der Waals surface area contributed by atoms with Gasteiger partial charge in [0.15, 0.2) is 0 Å². The zero-order chi connectivity index (χ0) is 14.7. The summed E-state index contributed by atoms with van der Waals surface area (Å²) in [4.78, 5) is 41.1. The molecule has 0 saturated carbocycles. The van der Waals surface area contributed by atoms with Crippen LogP contribution in [0.3, 0.4) is 0 Å². The number of aromatic nitrogens is 1. The Morgan fingerprint density at radius 1 is 1.25 bits per heavy atom. The lowest BCUT2D eigenvalue weighted by molar-refractivity contribution is -0.134. The SMILES string of the molecule is CN(C)C(=O)C1CCN(C(=O)c2cccc(=O)[nH]2)CC1.